The van der Waals surface area contributed by atoms with E-state index in [1.165, 1.54) is 10.8 Å². The van der Waals surface area contributed by atoms with Gasteiger partial charge in [0.15, 0.2) is 5.60 Å². The van der Waals surface area contributed by atoms with Crippen LogP contribution in [0.15, 0.2) is 103 Å². The number of hydrogen-bond donors (Lipinski definition) is 0. The molecule has 0 bridgehead atoms. The molecule has 3 nitrogen and oxygen atoms in total. The quantitative estimate of drug-likeness (QED) is 0.290. The van der Waals surface area contributed by atoms with Gasteiger partial charge in [-0.2, -0.15) is 0 Å². The molecule has 0 spiro atoms. The van der Waals surface area contributed by atoms with Crippen LogP contribution in [-0.4, -0.2) is 14.2 Å². The monoisotopic (exact) mass is 444 g/mol. The highest BCUT2D eigenvalue weighted by molar-refractivity contribution is 5.96. The van der Waals surface area contributed by atoms with Crippen LogP contribution in [0, 0.1) is 0 Å². The van der Waals surface area contributed by atoms with Gasteiger partial charge in [-0.3, -0.25) is 0 Å². The Morgan fingerprint density at radius 3 is 2.15 bits per heavy atom. The molecule has 1 heterocycles. The summed E-state index contributed by atoms with van der Waals surface area (Å²) >= 11 is 0. The lowest BCUT2D eigenvalue weighted by Crippen LogP contribution is -2.34. The van der Waals surface area contributed by atoms with Crippen LogP contribution in [0.4, 0.5) is 0 Å². The van der Waals surface area contributed by atoms with E-state index < -0.39 is 5.60 Å². The zero-order chi connectivity index (χ0) is 23.1. The molecule has 166 valence electrons. The van der Waals surface area contributed by atoms with Gasteiger partial charge in [0, 0.05) is 22.1 Å². The summed E-state index contributed by atoms with van der Waals surface area (Å²) in [6, 6.07) is 33.2. The van der Waals surface area contributed by atoms with E-state index in [0.29, 0.717) is 0 Å². The van der Waals surface area contributed by atoms with Crippen LogP contribution in [0.25, 0.3) is 27.6 Å². The second-order valence-electron chi connectivity index (χ2n) is 8.46. The van der Waals surface area contributed by atoms with Gasteiger partial charge in [0.2, 0.25) is 0 Å². The molecule has 6 rings (SSSR count). The van der Waals surface area contributed by atoms with Crippen LogP contribution in [0.1, 0.15) is 16.7 Å². The highest BCUT2D eigenvalue weighted by Gasteiger charge is 2.39. The second-order valence-corrected chi connectivity index (χ2v) is 8.46. The van der Waals surface area contributed by atoms with Gasteiger partial charge in [-0.05, 0) is 52.6 Å². The van der Waals surface area contributed by atoms with Crippen molar-refractivity contribution in [3.63, 3.8) is 0 Å². The molecule has 0 amide bonds. The molecule has 0 aliphatic carbocycles. The van der Waals surface area contributed by atoms with Crippen molar-refractivity contribution >= 4 is 27.6 Å². The van der Waals surface area contributed by atoms with Crippen LogP contribution < -0.4 is 14.2 Å². The molecule has 1 atom stereocenters. The first-order valence-electron chi connectivity index (χ1n) is 11.3. The number of benzene rings is 5. The van der Waals surface area contributed by atoms with Gasteiger partial charge in [-0.25, -0.2) is 0 Å². The molecule has 5 aromatic carbocycles. The van der Waals surface area contributed by atoms with Crippen LogP contribution in [-0.2, 0) is 5.60 Å². The minimum atomic E-state index is -0.812. The Balaban J connectivity index is 1.63. The number of ether oxygens (including phenoxy) is 3. The Morgan fingerprint density at radius 1 is 0.647 bits per heavy atom. The molecule has 0 saturated heterocycles. The molecule has 3 heteroatoms. The lowest BCUT2D eigenvalue weighted by Gasteiger charge is -2.37. The van der Waals surface area contributed by atoms with Crippen LogP contribution >= 0.6 is 0 Å². The summed E-state index contributed by atoms with van der Waals surface area (Å²) in [6.07, 6.45) is 4.38. The van der Waals surface area contributed by atoms with E-state index in [0.717, 1.165) is 44.7 Å². The van der Waals surface area contributed by atoms with Crippen molar-refractivity contribution < 1.29 is 14.2 Å². The first-order chi connectivity index (χ1) is 16.7. The maximum atomic E-state index is 6.99. The average molecular weight is 445 g/mol. The molecule has 34 heavy (non-hydrogen) atoms. The Labute approximate surface area is 198 Å². The topological polar surface area (TPSA) is 27.7 Å². The van der Waals surface area contributed by atoms with Gasteiger partial charge in [0.1, 0.15) is 17.2 Å². The van der Waals surface area contributed by atoms with Gasteiger partial charge in [-0.15, -0.1) is 0 Å². The van der Waals surface area contributed by atoms with E-state index in [9.17, 15) is 0 Å². The predicted molar refractivity (Wildman–Crippen MR) is 138 cm³/mol. The van der Waals surface area contributed by atoms with E-state index in [1.807, 2.05) is 24.3 Å². The summed E-state index contributed by atoms with van der Waals surface area (Å²) in [6.45, 7) is 0. The van der Waals surface area contributed by atoms with Crippen molar-refractivity contribution in [1.29, 1.82) is 0 Å². The standard InChI is InChI=1S/C31H24O3/c1-32-23-14-12-22(13-15-23)31(28-16-18-29(33-2)26-10-6-5-9-25(26)28)20-19-27-24-8-4-3-7-21(24)11-17-30(27)34-31/h3-20H,1-2H3. The summed E-state index contributed by atoms with van der Waals surface area (Å²) in [5, 5.41) is 4.52. The Kier molecular flexibility index (Phi) is 4.77. The number of rotatable bonds is 4. The summed E-state index contributed by atoms with van der Waals surface area (Å²) in [5.74, 6) is 2.51. The van der Waals surface area contributed by atoms with Crippen LogP contribution in [0.2, 0.25) is 0 Å². The molecule has 1 unspecified atom stereocenters. The third-order valence-corrected chi connectivity index (χ3v) is 6.71. The molecule has 0 saturated carbocycles. The minimum Gasteiger partial charge on any atom is -0.497 e. The van der Waals surface area contributed by atoms with Gasteiger partial charge in [0.05, 0.1) is 14.2 Å². The zero-order valence-corrected chi connectivity index (χ0v) is 19.1. The van der Waals surface area contributed by atoms with Crippen molar-refractivity contribution in [2.75, 3.05) is 14.2 Å². The summed E-state index contributed by atoms with van der Waals surface area (Å²) in [7, 11) is 3.39. The Morgan fingerprint density at radius 2 is 1.38 bits per heavy atom. The highest BCUT2D eigenvalue weighted by atomic mass is 16.5. The molecular weight excluding hydrogens is 420 g/mol. The van der Waals surface area contributed by atoms with Crippen LogP contribution in [0.3, 0.4) is 0 Å². The maximum absolute atomic E-state index is 6.99. The largest absolute Gasteiger partial charge is 0.497 e. The second kappa shape index (κ2) is 7.96. The van der Waals surface area contributed by atoms with Gasteiger partial charge < -0.3 is 14.2 Å². The summed E-state index contributed by atoms with van der Waals surface area (Å²) in [5.41, 5.74) is 2.37. The summed E-state index contributed by atoms with van der Waals surface area (Å²) < 4.78 is 18.1. The zero-order valence-electron chi connectivity index (χ0n) is 19.1. The molecule has 0 N–H and O–H groups in total. The molecule has 5 aromatic rings. The Hall–Kier alpha value is -4.24. The number of fused-ring (bicyclic) bond motifs is 4. The number of methoxy groups -OCH3 is 2. The predicted octanol–water partition coefficient (Wildman–Crippen LogP) is 7.36. The van der Waals surface area contributed by atoms with Crippen molar-refractivity contribution in [3.8, 4) is 17.2 Å². The minimum absolute atomic E-state index is 0.810. The van der Waals surface area contributed by atoms with Crippen molar-refractivity contribution in [1.82, 2.24) is 0 Å². The molecular formula is C31H24O3. The summed E-state index contributed by atoms with van der Waals surface area (Å²) in [4.78, 5) is 0. The lowest BCUT2D eigenvalue weighted by atomic mass is 9.80. The lowest BCUT2D eigenvalue weighted by molar-refractivity contribution is 0.163. The Bertz CT molecular complexity index is 1550. The van der Waals surface area contributed by atoms with Crippen molar-refractivity contribution in [3.05, 3.63) is 120 Å². The third-order valence-electron chi connectivity index (χ3n) is 6.71. The fraction of sp³-hybridized carbons (Fsp3) is 0.0968. The van der Waals surface area contributed by atoms with Gasteiger partial charge in [0.25, 0.3) is 0 Å². The first-order valence-corrected chi connectivity index (χ1v) is 11.3. The molecule has 0 radical (unpaired) electrons. The van der Waals surface area contributed by atoms with Crippen LogP contribution in [0.5, 0.6) is 17.2 Å². The fourth-order valence-corrected chi connectivity index (χ4v) is 5.01. The first kappa shape index (κ1) is 20.4. The van der Waals surface area contributed by atoms with E-state index in [1.54, 1.807) is 14.2 Å². The molecule has 1 aliphatic rings. The SMILES string of the molecule is COc1ccc(C2(c3ccc(OC)c4ccccc34)C=Cc3c(ccc4ccccc34)O2)cc1. The average Bonchev–Trinajstić information content (AvgIpc) is 2.92. The highest BCUT2D eigenvalue weighted by Crippen LogP contribution is 2.47. The van der Waals surface area contributed by atoms with E-state index >= 15 is 0 Å². The fourth-order valence-electron chi connectivity index (χ4n) is 5.01. The van der Waals surface area contributed by atoms with Crippen molar-refractivity contribution in [2.24, 2.45) is 0 Å². The maximum Gasteiger partial charge on any atom is 0.178 e. The van der Waals surface area contributed by atoms with Gasteiger partial charge in [-0.1, -0.05) is 72.8 Å². The smallest absolute Gasteiger partial charge is 0.178 e. The molecule has 1 aliphatic heterocycles. The van der Waals surface area contributed by atoms with Gasteiger partial charge >= 0.3 is 0 Å². The van der Waals surface area contributed by atoms with E-state index in [-0.39, 0.29) is 0 Å². The van der Waals surface area contributed by atoms with Crippen molar-refractivity contribution in [2.45, 2.75) is 5.60 Å². The number of hydrogen-bond acceptors (Lipinski definition) is 3. The van der Waals surface area contributed by atoms with E-state index in [2.05, 4.69) is 84.9 Å². The normalized spacial score (nSPS) is 16.8. The molecule has 0 fully saturated rings. The van der Waals surface area contributed by atoms with E-state index in [4.69, 9.17) is 14.2 Å². The molecule has 0 aromatic heterocycles. The third kappa shape index (κ3) is 3.05.